The molecule has 1 aliphatic rings. The van der Waals surface area contributed by atoms with Gasteiger partial charge in [0.25, 0.3) is 0 Å². The number of pyridine rings is 1. The third kappa shape index (κ3) is 2.49. The molecule has 5 heteroatoms. The molecule has 3 rings (SSSR count). The van der Waals surface area contributed by atoms with Crippen molar-refractivity contribution < 1.29 is 14.6 Å². The average molecular weight is 274 g/mol. The highest BCUT2D eigenvalue weighted by Gasteiger charge is 2.15. The van der Waals surface area contributed by atoms with Crippen LogP contribution in [0.1, 0.15) is 19.8 Å². The van der Waals surface area contributed by atoms with Crippen molar-refractivity contribution in [3.63, 3.8) is 0 Å². The van der Waals surface area contributed by atoms with E-state index in [0.717, 1.165) is 34.5 Å². The van der Waals surface area contributed by atoms with Crippen LogP contribution in [0.25, 0.3) is 10.8 Å². The first kappa shape index (κ1) is 13.0. The number of nitrogens with zero attached hydrogens (tertiary/aromatic N) is 1. The number of fused-ring (bicyclic) bond motifs is 2. The summed E-state index contributed by atoms with van der Waals surface area (Å²) in [7, 11) is 0. The number of anilines is 1. The number of hydrogen-bond donors (Lipinski definition) is 2. The van der Waals surface area contributed by atoms with Gasteiger partial charge in [-0.3, -0.25) is 0 Å². The molecular formula is C15H18N2O3. The number of benzene rings is 1. The van der Waals surface area contributed by atoms with Crippen molar-refractivity contribution in [2.45, 2.75) is 25.9 Å². The fraction of sp³-hybridized carbons (Fsp3) is 0.400. The fourth-order valence-electron chi connectivity index (χ4n) is 2.26. The van der Waals surface area contributed by atoms with Gasteiger partial charge in [0.1, 0.15) is 5.82 Å². The lowest BCUT2D eigenvalue weighted by molar-refractivity contribution is 0.164. The van der Waals surface area contributed by atoms with Gasteiger partial charge in [-0.05, 0) is 36.4 Å². The van der Waals surface area contributed by atoms with Gasteiger partial charge in [0.05, 0.1) is 6.10 Å². The Bertz CT molecular complexity index is 615. The van der Waals surface area contributed by atoms with Crippen LogP contribution in [-0.2, 0) is 0 Å². The highest BCUT2D eigenvalue weighted by atomic mass is 16.7. The maximum Gasteiger partial charge on any atom is 0.231 e. The van der Waals surface area contributed by atoms with Crippen molar-refractivity contribution >= 4 is 16.6 Å². The SMILES string of the molecule is CCC(O)CCNc1nccc2cc3c(cc12)OCO3. The zero-order valence-electron chi connectivity index (χ0n) is 11.4. The molecule has 0 saturated heterocycles. The third-order valence-corrected chi connectivity index (χ3v) is 3.50. The molecule has 0 saturated carbocycles. The predicted octanol–water partition coefficient (Wildman–Crippen LogP) is 2.54. The third-order valence-electron chi connectivity index (χ3n) is 3.50. The van der Waals surface area contributed by atoms with E-state index in [2.05, 4.69) is 10.3 Å². The number of hydrogen-bond acceptors (Lipinski definition) is 5. The van der Waals surface area contributed by atoms with Crippen LogP contribution in [0.4, 0.5) is 5.82 Å². The van der Waals surface area contributed by atoms with E-state index in [1.165, 1.54) is 0 Å². The number of aliphatic hydroxyl groups is 1. The van der Waals surface area contributed by atoms with Crippen molar-refractivity contribution in [2.75, 3.05) is 18.7 Å². The summed E-state index contributed by atoms with van der Waals surface area (Å²) < 4.78 is 10.8. The zero-order valence-corrected chi connectivity index (χ0v) is 11.4. The van der Waals surface area contributed by atoms with E-state index in [4.69, 9.17) is 9.47 Å². The number of rotatable bonds is 5. The lowest BCUT2D eigenvalue weighted by Gasteiger charge is -2.11. The Morgan fingerprint density at radius 1 is 1.35 bits per heavy atom. The van der Waals surface area contributed by atoms with Gasteiger partial charge in [0, 0.05) is 18.1 Å². The van der Waals surface area contributed by atoms with E-state index in [1.807, 2.05) is 25.1 Å². The number of aliphatic hydroxyl groups excluding tert-OH is 1. The number of ether oxygens (including phenoxy) is 2. The molecule has 106 valence electrons. The topological polar surface area (TPSA) is 63.6 Å². The zero-order chi connectivity index (χ0) is 13.9. The van der Waals surface area contributed by atoms with Crippen LogP contribution >= 0.6 is 0 Å². The number of aromatic nitrogens is 1. The van der Waals surface area contributed by atoms with Gasteiger partial charge in [0.2, 0.25) is 6.79 Å². The fourth-order valence-corrected chi connectivity index (χ4v) is 2.26. The molecule has 1 atom stereocenters. The first-order valence-electron chi connectivity index (χ1n) is 6.88. The molecule has 0 amide bonds. The second kappa shape index (κ2) is 5.54. The molecule has 1 unspecified atom stereocenters. The smallest absolute Gasteiger partial charge is 0.231 e. The second-order valence-electron chi connectivity index (χ2n) is 4.86. The van der Waals surface area contributed by atoms with E-state index in [0.29, 0.717) is 13.0 Å². The summed E-state index contributed by atoms with van der Waals surface area (Å²) in [6.45, 7) is 2.93. The Kier molecular flexibility index (Phi) is 3.60. The van der Waals surface area contributed by atoms with Gasteiger partial charge in [-0.25, -0.2) is 4.98 Å². The molecule has 2 heterocycles. The van der Waals surface area contributed by atoms with Crippen molar-refractivity contribution in [3.05, 3.63) is 24.4 Å². The molecule has 20 heavy (non-hydrogen) atoms. The van der Waals surface area contributed by atoms with Gasteiger partial charge in [-0.15, -0.1) is 0 Å². The van der Waals surface area contributed by atoms with E-state index < -0.39 is 0 Å². The number of nitrogens with one attached hydrogen (secondary N) is 1. The maximum atomic E-state index is 9.58. The van der Waals surface area contributed by atoms with Crippen molar-refractivity contribution in [1.29, 1.82) is 0 Å². The van der Waals surface area contributed by atoms with E-state index >= 15 is 0 Å². The van der Waals surface area contributed by atoms with Crippen molar-refractivity contribution in [3.8, 4) is 11.5 Å². The molecule has 1 aromatic carbocycles. The average Bonchev–Trinajstić information content (AvgIpc) is 2.92. The van der Waals surface area contributed by atoms with Crippen LogP contribution < -0.4 is 14.8 Å². The highest BCUT2D eigenvalue weighted by molar-refractivity contribution is 5.94. The van der Waals surface area contributed by atoms with Gasteiger partial charge in [-0.2, -0.15) is 0 Å². The minimum Gasteiger partial charge on any atom is -0.454 e. The largest absolute Gasteiger partial charge is 0.454 e. The molecule has 0 spiro atoms. The van der Waals surface area contributed by atoms with E-state index in [9.17, 15) is 5.11 Å². The van der Waals surface area contributed by atoms with Crippen LogP contribution in [0.2, 0.25) is 0 Å². The normalized spacial score (nSPS) is 14.5. The van der Waals surface area contributed by atoms with Gasteiger partial charge < -0.3 is 19.9 Å². The molecule has 0 fully saturated rings. The maximum absolute atomic E-state index is 9.58. The second-order valence-corrected chi connectivity index (χ2v) is 4.86. The van der Waals surface area contributed by atoms with Crippen LogP contribution in [0, 0.1) is 0 Å². The van der Waals surface area contributed by atoms with Gasteiger partial charge >= 0.3 is 0 Å². The molecular weight excluding hydrogens is 256 g/mol. The summed E-state index contributed by atoms with van der Waals surface area (Å²) in [5.41, 5.74) is 0. The monoisotopic (exact) mass is 274 g/mol. The predicted molar refractivity (Wildman–Crippen MR) is 77.3 cm³/mol. The molecule has 1 aliphatic heterocycles. The van der Waals surface area contributed by atoms with Gasteiger partial charge in [-0.1, -0.05) is 6.92 Å². The van der Waals surface area contributed by atoms with E-state index in [1.54, 1.807) is 6.20 Å². The molecule has 0 aliphatic carbocycles. The molecule has 2 aromatic rings. The summed E-state index contributed by atoms with van der Waals surface area (Å²) in [5, 5.41) is 14.9. The van der Waals surface area contributed by atoms with Crippen LogP contribution in [0.15, 0.2) is 24.4 Å². The molecule has 1 aromatic heterocycles. The molecule has 0 radical (unpaired) electrons. The van der Waals surface area contributed by atoms with E-state index in [-0.39, 0.29) is 12.9 Å². The summed E-state index contributed by atoms with van der Waals surface area (Å²) in [6.07, 6.45) is 2.98. The van der Waals surface area contributed by atoms with Crippen LogP contribution in [0.3, 0.4) is 0 Å². The summed E-state index contributed by atoms with van der Waals surface area (Å²) in [5.74, 6) is 2.34. The quantitative estimate of drug-likeness (QED) is 0.877. The Morgan fingerprint density at radius 3 is 2.95 bits per heavy atom. The minimum absolute atomic E-state index is 0.265. The Morgan fingerprint density at radius 2 is 2.15 bits per heavy atom. The van der Waals surface area contributed by atoms with Gasteiger partial charge in [0.15, 0.2) is 11.5 Å². The van der Waals surface area contributed by atoms with Crippen LogP contribution in [-0.4, -0.2) is 29.5 Å². The Balaban J connectivity index is 1.84. The minimum atomic E-state index is -0.265. The summed E-state index contributed by atoms with van der Waals surface area (Å²) in [6, 6.07) is 5.86. The first-order valence-corrected chi connectivity index (χ1v) is 6.88. The lowest BCUT2D eigenvalue weighted by atomic mass is 10.1. The standard InChI is InChI=1S/C15H18N2O3/c1-2-11(18)4-6-17-15-12-8-14-13(19-9-20-14)7-10(12)3-5-16-15/h3,5,7-8,11,18H,2,4,6,9H2,1H3,(H,16,17). The summed E-state index contributed by atoms with van der Waals surface area (Å²) in [4.78, 5) is 4.37. The molecule has 0 bridgehead atoms. The Hall–Kier alpha value is -2.01. The molecule has 2 N–H and O–H groups in total. The van der Waals surface area contributed by atoms with Crippen molar-refractivity contribution in [1.82, 2.24) is 4.98 Å². The van der Waals surface area contributed by atoms with Crippen molar-refractivity contribution in [2.24, 2.45) is 0 Å². The van der Waals surface area contributed by atoms with Crippen LogP contribution in [0.5, 0.6) is 11.5 Å². The molecule has 5 nitrogen and oxygen atoms in total. The highest BCUT2D eigenvalue weighted by Crippen LogP contribution is 2.37. The first-order chi connectivity index (χ1) is 9.78. The Labute approximate surface area is 117 Å². The summed E-state index contributed by atoms with van der Waals surface area (Å²) >= 11 is 0. The lowest BCUT2D eigenvalue weighted by Crippen LogP contribution is -2.12.